The van der Waals surface area contributed by atoms with E-state index in [1.165, 1.54) is 0 Å². The third kappa shape index (κ3) is 5.65. The molecule has 1 aliphatic heterocycles. The van der Waals surface area contributed by atoms with Gasteiger partial charge in [0, 0.05) is 0 Å². The molecule has 2 amide bonds. The second kappa shape index (κ2) is 7.98. The normalized spacial score (nSPS) is 14.8. The molecular formula is C3H4N2ORb2. The minimum Gasteiger partial charge on any atom is -0.671 e. The van der Waals surface area contributed by atoms with Gasteiger partial charge in [-0.2, -0.15) is 0 Å². The van der Waals surface area contributed by atoms with Crippen LogP contribution in [-0.2, 0) is 0 Å². The van der Waals surface area contributed by atoms with Crippen molar-refractivity contribution < 1.29 is 121 Å². The summed E-state index contributed by atoms with van der Waals surface area (Å²) in [6.45, 7) is 1.19. The molecule has 1 heterocycles. The monoisotopic (exact) mass is 254 g/mol. The van der Waals surface area contributed by atoms with Gasteiger partial charge in [-0.05, 0) is 6.03 Å². The number of hydrogen-bond donors (Lipinski definition) is 0. The van der Waals surface area contributed by atoms with Gasteiger partial charge >= 0.3 is 116 Å². The Balaban J connectivity index is 0. The second-order valence-corrected chi connectivity index (χ2v) is 1.05. The number of rotatable bonds is 0. The van der Waals surface area contributed by atoms with Crippen LogP contribution in [0.2, 0.25) is 0 Å². The van der Waals surface area contributed by atoms with E-state index in [2.05, 4.69) is 10.6 Å². The van der Waals surface area contributed by atoms with Crippen LogP contribution in [0, 0.1) is 0 Å². The van der Waals surface area contributed by atoms with Crippen molar-refractivity contribution in [2.24, 2.45) is 0 Å². The molecule has 0 aromatic rings. The summed E-state index contributed by atoms with van der Waals surface area (Å²) >= 11 is 0. The van der Waals surface area contributed by atoms with Gasteiger partial charge in [-0.25, -0.2) is 0 Å². The van der Waals surface area contributed by atoms with Gasteiger partial charge in [-0.1, -0.05) is 0 Å². The van der Waals surface area contributed by atoms with Crippen molar-refractivity contribution in [2.45, 2.75) is 0 Å². The largest absolute Gasteiger partial charge is 1.00 e. The molecule has 0 saturated carbocycles. The van der Waals surface area contributed by atoms with Crippen LogP contribution in [0.4, 0.5) is 4.79 Å². The van der Waals surface area contributed by atoms with Crippen LogP contribution in [0.3, 0.4) is 0 Å². The molecule has 0 aromatic carbocycles. The zero-order chi connectivity index (χ0) is 4.41. The van der Waals surface area contributed by atoms with Gasteiger partial charge in [0.15, 0.2) is 0 Å². The van der Waals surface area contributed by atoms with Crippen molar-refractivity contribution in [1.82, 2.24) is 0 Å². The zero-order valence-corrected chi connectivity index (χ0v) is 15.0. The Labute approximate surface area is 146 Å². The topological polar surface area (TPSA) is 45.3 Å². The third-order valence-corrected chi connectivity index (χ3v) is 0.594. The minimum atomic E-state index is -0.296. The number of carbonyl (C=O) groups excluding carboxylic acids is 1. The van der Waals surface area contributed by atoms with E-state index in [0.29, 0.717) is 13.1 Å². The Morgan fingerprint density at radius 3 is 1.62 bits per heavy atom. The Hall–Kier alpha value is 2.88. The van der Waals surface area contributed by atoms with Crippen molar-refractivity contribution in [3.8, 4) is 0 Å². The smallest absolute Gasteiger partial charge is 0.671 e. The quantitative estimate of drug-likeness (QED) is 0.427. The predicted octanol–water partition coefficient (Wildman–Crippen LogP) is -5.12. The molecule has 8 heavy (non-hydrogen) atoms. The number of urea groups is 1. The summed E-state index contributed by atoms with van der Waals surface area (Å²) in [7, 11) is 0. The Morgan fingerprint density at radius 2 is 1.50 bits per heavy atom. The molecule has 34 valence electrons. The molecule has 3 nitrogen and oxygen atoms in total. The van der Waals surface area contributed by atoms with Crippen LogP contribution in [0.25, 0.3) is 10.6 Å². The Kier molecular flexibility index (Phi) is 13.4. The fraction of sp³-hybridized carbons (Fsp3) is 0.667. The molecule has 1 saturated heterocycles. The van der Waals surface area contributed by atoms with Gasteiger partial charge in [0.05, 0.1) is 0 Å². The first kappa shape index (κ1) is 13.5. The van der Waals surface area contributed by atoms with E-state index in [0.717, 1.165) is 0 Å². The van der Waals surface area contributed by atoms with E-state index >= 15 is 0 Å². The average Bonchev–Trinajstić information content (AvgIpc) is 1.86. The van der Waals surface area contributed by atoms with Crippen LogP contribution in [0.5, 0.6) is 0 Å². The first-order valence-corrected chi connectivity index (χ1v) is 1.78. The molecule has 1 rings (SSSR count). The molecule has 0 aromatic heterocycles. The van der Waals surface area contributed by atoms with Gasteiger partial charge in [-0.15, -0.1) is 13.1 Å². The summed E-state index contributed by atoms with van der Waals surface area (Å²) in [6, 6.07) is -0.296. The minimum absolute atomic E-state index is 0. The van der Waals surface area contributed by atoms with Gasteiger partial charge in [-0.3, -0.25) is 0 Å². The fourth-order valence-electron chi connectivity index (χ4n) is 0.341. The molecule has 0 spiro atoms. The average molecular weight is 255 g/mol. The van der Waals surface area contributed by atoms with Crippen molar-refractivity contribution in [1.29, 1.82) is 0 Å². The Bertz CT molecular complexity index is 69.7. The van der Waals surface area contributed by atoms with Gasteiger partial charge < -0.3 is 15.4 Å². The number of carbonyl (C=O) groups is 1. The summed E-state index contributed by atoms with van der Waals surface area (Å²) in [5, 5.41) is 6.86. The molecule has 0 N–H and O–H groups in total. The fourth-order valence-corrected chi connectivity index (χ4v) is 0.341. The van der Waals surface area contributed by atoms with Crippen LogP contribution in [0.1, 0.15) is 0 Å². The van der Waals surface area contributed by atoms with E-state index in [1.807, 2.05) is 0 Å². The third-order valence-electron chi connectivity index (χ3n) is 0.594. The molecule has 0 unspecified atom stereocenters. The van der Waals surface area contributed by atoms with E-state index < -0.39 is 0 Å². The first-order valence-electron chi connectivity index (χ1n) is 1.78. The van der Waals surface area contributed by atoms with Crippen LogP contribution < -0.4 is 116 Å². The summed E-state index contributed by atoms with van der Waals surface area (Å²) < 4.78 is 0. The van der Waals surface area contributed by atoms with Crippen LogP contribution in [0.15, 0.2) is 0 Å². The molecule has 0 bridgehead atoms. The summed E-state index contributed by atoms with van der Waals surface area (Å²) in [5.74, 6) is 0. The van der Waals surface area contributed by atoms with Crippen molar-refractivity contribution in [3.05, 3.63) is 10.6 Å². The summed E-state index contributed by atoms with van der Waals surface area (Å²) in [5.41, 5.74) is 0. The van der Waals surface area contributed by atoms with Crippen LogP contribution >= 0.6 is 0 Å². The maximum absolute atomic E-state index is 9.91. The molecule has 1 aliphatic rings. The molecule has 0 atom stereocenters. The van der Waals surface area contributed by atoms with Gasteiger partial charge in [0.2, 0.25) is 0 Å². The predicted molar refractivity (Wildman–Crippen MR) is 21.8 cm³/mol. The summed E-state index contributed by atoms with van der Waals surface area (Å²) in [6.07, 6.45) is 0. The van der Waals surface area contributed by atoms with E-state index in [4.69, 9.17) is 0 Å². The second-order valence-electron chi connectivity index (χ2n) is 1.05. The SMILES string of the molecule is O=C1[N-]CC[N-]1.[Rb+].[Rb+]. The summed E-state index contributed by atoms with van der Waals surface area (Å²) in [4.78, 5) is 9.91. The zero-order valence-electron chi connectivity index (χ0n) is 5.22. The number of nitrogens with zero attached hydrogens (tertiary/aromatic N) is 2. The maximum Gasteiger partial charge on any atom is 1.00 e. The van der Waals surface area contributed by atoms with E-state index in [-0.39, 0.29) is 122 Å². The standard InChI is InChI=1S/C3H5N2O.2Rb/c6-3-4-1-2-5-3;;/h1-2H2,(H-,4,5,6);;/q-1;2*+1/p-1. The van der Waals surface area contributed by atoms with Crippen molar-refractivity contribution in [2.75, 3.05) is 13.1 Å². The Morgan fingerprint density at radius 1 is 1.12 bits per heavy atom. The van der Waals surface area contributed by atoms with Gasteiger partial charge in [0.1, 0.15) is 0 Å². The molecule has 1 fully saturated rings. The van der Waals surface area contributed by atoms with Gasteiger partial charge in [0.25, 0.3) is 0 Å². The van der Waals surface area contributed by atoms with Crippen LogP contribution in [-0.4, -0.2) is 19.1 Å². The maximum atomic E-state index is 9.91. The molecule has 0 radical (unpaired) electrons. The molecular weight excluding hydrogens is 251 g/mol. The van der Waals surface area contributed by atoms with Crippen molar-refractivity contribution >= 4 is 6.03 Å². The first-order chi connectivity index (χ1) is 2.89. The van der Waals surface area contributed by atoms with E-state index in [1.54, 1.807) is 0 Å². The number of amides is 2. The van der Waals surface area contributed by atoms with Crippen molar-refractivity contribution in [3.63, 3.8) is 0 Å². The molecule has 5 heteroatoms. The number of hydrogen-bond acceptors (Lipinski definition) is 1. The van der Waals surface area contributed by atoms with E-state index in [9.17, 15) is 4.79 Å². The molecule has 0 aliphatic carbocycles.